The number of nitrogens with zero attached hydrogens (tertiary/aromatic N) is 3. The number of hydrogen-bond donors (Lipinski definition) is 0. The topological polar surface area (TPSA) is 46.1 Å². The van der Waals surface area contributed by atoms with E-state index < -0.39 is 0 Å². The van der Waals surface area contributed by atoms with Crippen LogP contribution in [0.3, 0.4) is 0 Å². The molecule has 1 aliphatic rings. The number of thiazole rings is 1. The summed E-state index contributed by atoms with van der Waals surface area (Å²) in [5.74, 6) is 0.948. The molecule has 0 atom stereocenters. The Kier molecular flexibility index (Phi) is 3.75. The maximum Gasteiger partial charge on any atom is 0.270 e. The molecule has 21 heavy (non-hydrogen) atoms. The summed E-state index contributed by atoms with van der Waals surface area (Å²) in [5.41, 5.74) is 3.41. The first-order chi connectivity index (χ1) is 9.98. The van der Waals surface area contributed by atoms with Crippen LogP contribution in [0.1, 0.15) is 36.1 Å². The third-order valence-electron chi connectivity index (χ3n) is 3.34. The maximum atomic E-state index is 13.0. The SMILES string of the molecule is CC(C)(C)c1ncsc1C(=O)N1CCSc2ccncc21. The Labute approximate surface area is 132 Å². The Bertz CT molecular complexity index is 676. The lowest BCUT2D eigenvalue weighted by Gasteiger charge is -2.29. The Balaban J connectivity index is 2.00. The monoisotopic (exact) mass is 319 g/mol. The van der Waals surface area contributed by atoms with Gasteiger partial charge in [0.2, 0.25) is 0 Å². The van der Waals surface area contributed by atoms with Gasteiger partial charge in [-0.1, -0.05) is 20.8 Å². The fourth-order valence-corrected chi connectivity index (χ4v) is 4.24. The van der Waals surface area contributed by atoms with Crippen LogP contribution in [0, 0.1) is 0 Å². The van der Waals surface area contributed by atoms with Crippen LogP contribution in [-0.2, 0) is 5.41 Å². The molecule has 0 aromatic carbocycles. The molecule has 110 valence electrons. The molecule has 0 saturated heterocycles. The van der Waals surface area contributed by atoms with Gasteiger partial charge in [0.15, 0.2) is 0 Å². The Hall–Kier alpha value is -1.40. The van der Waals surface area contributed by atoms with E-state index in [0.29, 0.717) is 6.54 Å². The zero-order chi connectivity index (χ0) is 15.0. The quantitative estimate of drug-likeness (QED) is 0.806. The highest BCUT2D eigenvalue weighted by atomic mass is 32.2. The first-order valence-corrected chi connectivity index (χ1v) is 8.67. The summed E-state index contributed by atoms with van der Waals surface area (Å²) < 4.78 is 0. The van der Waals surface area contributed by atoms with Gasteiger partial charge in [0, 0.05) is 28.8 Å². The number of thioether (sulfide) groups is 1. The van der Waals surface area contributed by atoms with E-state index in [1.165, 1.54) is 11.3 Å². The van der Waals surface area contributed by atoms with E-state index in [0.717, 1.165) is 26.9 Å². The van der Waals surface area contributed by atoms with Crippen LogP contribution in [0.15, 0.2) is 28.9 Å². The molecule has 6 heteroatoms. The highest BCUT2D eigenvalue weighted by Gasteiger charge is 2.30. The van der Waals surface area contributed by atoms with Gasteiger partial charge in [0.25, 0.3) is 5.91 Å². The molecule has 1 amide bonds. The van der Waals surface area contributed by atoms with Crippen molar-refractivity contribution >= 4 is 34.7 Å². The summed E-state index contributed by atoms with van der Waals surface area (Å²) in [7, 11) is 0. The molecule has 0 N–H and O–H groups in total. The van der Waals surface area contributed by atoms with Crippen molar-refractivity contribution in [2.24, 2.45) is 0 Å². The second kappa shape index (κ2) is 5.42. The van der Waals surface area contributed by atoms with Crippen molar-refractivity contribution in [2.45, 2.75) is 31.1 Å². The highest BCUT2D eigenvalue weighted by Crippen LogP contribution is 2.36. The summed E-state index contributed by atoms with van der Waals surface area (Å²) in [5, 5.41) is 0. The van der Waals surface area contributed by atoms with Gasteiger partial charge < -0.3 is 4.90 Å². The molecule has 3 heterocycles. The average molecular weight is 319 g/mol. The van der Waals surface area contributed by atoms with E-state index >= 15 is 0 Å². The van der Waals surface area contributed by atoms with E-state index in [2.05, 4.69) is 30.7 Å². The van der Waals surface area contributed by atoms with Gasteiger partial charge >= 0.3 is 0 Å². The van der Waals surface area contributed by atoms with Crippen molar-refractivity contribution in [3.8, 4) is 0 Å². The molecule has 0 radical (unpaired) electrons. The van der Waals surface area contributed by atoms with Gasteiger partial charge in [-0.3, -0.25) is 9.78 Å². The van der Waals surface area contributed by atoms with E-state index in [1.807, 2.05) is 11.0 Å². The van der Waals surface area contributed by atoms with Crippen LogP contribution >= 0.6 is 23.1 Å². The third kappa shape index (κ3) is 2.70. The first-order valence-electron chi connectivity index (χ1n) is 6.81. The Morgan fingerprint density at radius 2 is 2.19 bits per heavy atom. The second-order valence-electron chi connectivity index (χ2n) is 5.93. The van der Waals surface area contributed by atoms with Crippen molar-refractivity contribution in [3.63, 3.8) is 0 Å². The molecule has 0 bridgehead atoms. The number of aromatic nitrogens is 2. The molecule has 1 aliphatic heterocycles. The lowest BCUT2D eigenvalue weighted by Crippen LogP contribution is -2.36. The number of amides is 1. The average Bonchev–Trinajstić information content (AvgIpc) is 2.95. The van der Waals surface area contributed by atoms with Gasteiger partial charge in [0.1, 0.15) is 4.88 Å². The van der Waals surface area contributed by atoms with Crippen LogP contribution in [0.25, 0.3) is 0 Å². The molecular formula is C15H17N3OS2. The second-order valence-corrected chi connectivity index (χ2v) is 7.92. The molecule has 0 unspecified atom stereocenters. The molecule has 2 aromatic heterocycles. The summed E-state index contributed by atoms with van der Waals surface area (Å²) in [6.45, 7) is 6.96. The van der Waals surface area contributed by atoms with E-state index in [9.17, 15) is 4.79 Å². The third-order valence-corrected chi connectivity index (χ3v) is 5.20. The lowest BCUT2D eigenvalue weighted by molar-refractivity contribution is 0.0989. The van der Waals surface area contributed by atoms with Crippen LogP contribution in [0.4, 0.5) is 5.69 Å². The minimum Gasteiger partial charge on any atom is -0.304 e. The molecule has 4 nitrogen and oxygen atoms in total. The smallest absolute Gasteiger partial charge is 0.270 e. The Morgan fingerprint density at radius 3 is 2.95 bits per heavy atom. The number of carbonyl (C=O) groups is 1. The van der Waals surface area contributed by atoms with E-state index in [4.69, 9.17) is 0 Å². The molecule has 3 rings (SSSR count). The molecule has 0 saturated carbocycles. The largest absolute Gasteiger partial charge is 0.304 e. The van der Waals surface area contributed by atoms with Crippen molar-refractivity contribution < 1.29 is 4.79 Å². The van der Waals surface area contributed by atoms with Crippen molar-refractivity contribution in [2.75, 3.05) is 17.2 Å². The normalized spacial score (nSPS) is 14.9. The number of rotatable bonds is 1. The highest BCUT2D eigenvalue weighted by molar-refractivity contribution is 7.99. The molecule has 2 aromatic rings. The number of fused-ring (bicyclic) bond motifs is 1. The number of hydrogen-bond acceptors (Lipinski definition) is 5. The van der Waals surface area contributed by atoms with Gasteiger partial charge in [-0.25, -0.2) is 4.98 Å². The number of anilines is 1. The molecular weight excluding hydrogens is 302 g/mol. The molecule has 0 spiro atoms. The summed E-state index contributed by atoms with van der Waals surface area (Å²) >= 11 is 3.19. The minimum absolute atomic E-state index is 0.0389. The van der Waals surface area contributed by atoms with E-state index in [-0.39, 0.29) is 11.3 Å². The van der Waals surface area contributed by atoms with Crippen molar-refractivity contribution in [3.05, 3.63) is 34.5 Å². The lowest BCUT2D eigenvalue weighted by atomic mass is 9.91. The fraction of sp³-hybridized carbons (Fsp3) is 0.400. The number of pyridine rings is 1. The van der Waals surface area contributed by atoms with Crippen LogP contribution in [-0.4, -0.2) is 28.2 Å². The van der Waals surface area contributed by atoms with Gasteiger partial charge in [0.05, 0.1) is 23.1 Å². The van der Waals surface area contributed by atoms with Crippen LogP contribution < -0.4 is 4.90 Å². The summed E-state index contributed by atoms with van der Waals surface area (Å²) in [6.07, 6.45) is 3.55. The predicted molar refractivity (Wildman–Crippen MR) is 87.5 cm³/mol. The fourth-order valence-electron chi connectivity index (χ4n) is 2.33. The van der Waals surface area contributed by atoms with Crippen LogP contribution in [0.2, 0.25) is 0 Å². The van der Waals surface area contributed by atoms with Gasteiger partial charge in [-0.15, -0.1) is 23.1 Å². The zero-order valence-electron chi connectivity index (χ0n) is 12.3. The maximum absolute atomic E-state index is 13.0. The minimum atomic E-state index is -0.132. The predicted octanol–water partition coefficient (Wildman–Crippen LogP) is 3.59. The standard InChI is InChI=1S/C15H17N3OS2/c1-15(2,3)13-12(21-9-17-13)14(19)18-6-7-20-11-4-5-16-8-10(11)18/h4-5,8-9H,6-7H2,1-3H3. The Morgan fingerprint density at radius 1 is 1.38 bits per heavy atom. The summed E-state index contributed by atoms with van der Waals surface area (Å²) in [4.78, 5) is 25.2. The van der Waals surface area contributed by atoms with Crippen molar-refractivity contribution in [1.82, 2.24) is 9.97 Å². The zero-order valence-corrected chi connectivity index (χ0v) is 13.9. The summed E-state index contributed by atoms with van der Waals surface area (Å²) in [6, 6.07) is 1.97. The van der Waals surface area contributed by atoms with Crippen LogP contribution in [0.5, 0.6) is 0 Å². The number of carbonyl (C=O) groups excluding carboxylic acids is 1. The molecule has 0 fully saturated rings. The van der Waals surface area contributed by atoms with Gasteiger partial charge in [-0.05, 0) is 6.07 Å². The molecule has 0 aliphatic carbocycles. The van der Waals surface area contributed by atoms with Crippen molar-refractivity contribution in [1.29, 1.82) is 0 Å². The van der Waals surface area contributed by atoms with Gasteiger partial charge in [-0.2, -0.15) is 0 Å². The van der Waals surface area contributed by atoms with E-state index in [1.54, 1.807) is 29.7 Å². The first kappa shape index (κ1) is 14.5.